The Morgan fingerprint density at radius 1 is 1.04 bits per heavy atom. The van der Waals surface area contributed by atoms with Gasteiger partial charge in [-0.15, -0.1) is 0 Å². The molecule has 0 radical (unpaired) electrons. The minimum atomic E-state index is -0.177. The Labute approximate surface area is 157 Å². The minimum Gasteiger partial charge on any atom is -0.467 e. The number of carbonyl (C=O) groups excluding carboxylic acids is 1. The van der Waals surface area contributed by atoms with Gasteiger partial charge in [0.25, 0.3) is 5.91 Å². The summed E-state index contributed by atoms with van der Waals surface area (Å²) in [6.45, 7) is 4.59. The summed E-state index contributed by atoms with van der Waals surface area (Å²) in [4.78, 5) is 12.6. The van der Waals surface area contributed by atoms with Crippen LogP contribution in [0.5, 0.6) is 0 Å². The van der Waals surface area contributed by atoms with Crippen LogP contribution in [0.3, 0.4) is 0 Å². The zero-order chi connectivity index (χ0) is 18.8. The van der Waals surface area contributed by atoms with Gasteiger partial charge in [0, 0.05) is 28.7 Å². The molecule has 27 heavy (non-hydrogen) atoms. The first-order chi connectivity index (χ1) is 13.1. The van der Waals surface area contributed by atoms with Crippen LogP contribution >= 0.6 is 0 Å². The fourth-order valence-corrected chi connectivity index (χ4v) is 3.14. The molecule has 6 nitrogen and oxygen atoms in total. The maximum atomic E-state index is 12.6. The molecule has 4 aromatic rings. The van der Waals surface area contributed by atoms with Crippen LogP contribution in [0.4, 0.5) is 5.82 Å². The van der Waals surface area contributed by atoms with Gasteiger partial charge in [-0.2, -0.15) is 5.10 Å². The average Bonchev–Trinajstić information content (AvgIpc) is 3.40. The van der Waals surface area contributed by atoms with Gasteiger partial charge in [-0.25, -0.2) is 4.68 Å². The van der Waals surface area contributed by atoms with Gasteiger partial charge in [0.05, 0.1) is 12.5 Å². The van der Waals surface area contributed by atoms with E-state index in [4.69, 9.17) is 4.42 Å². The molecule has 0 unspecified atom stereocenters. The number of nitrogens with one attached hydrogen (secondary N) is 1. The van der Waals surface area contributed by atoms with Crippen molar-refractivity contribution in [3.8, 4) is 5.69 Å². The number of hydrogen-bond donors (Lipinski definition) is 1. The van der Waals surface area contributed by atoms with Crippen molar-refractivity contribution in [2.75, 3.05) is 5.32 Å². The highest BCUT2D eigenvalue weighted by Crippen LogP contribution is 2.18. The quantitative estimate of drug-likeness (QED) is 0.580. The van der Waals surface area contributed by atoms with E-state index in [0.29, 0.717) is 17.9 Å². The second-order valence-electron chi connectivity index (χ2n) is 6.41. The molecule has 0 saturated heterocycles. The van der Waals surface area contributed by atoms with Crippen LogP contribution in [0.1, 0.15) is 27.5 Å². The van der Waals surface area contributed by atoms with Crippen molar-refractivity contribution < 1.29 is 9.21 Å². The molecule has 0 atom stereocenters. The minimum absolute atomic E-state index is 0.177. The largest absolute Gasteiger partial charge is 0.467 e. The second-order valence-corrected chi connectivity index (χ2v) is 6.41. The van der Waals surface area contributed by atoms with Gasteiger partial charge in [0.2, 0.25) is 0 Å². The highest BCUT2D eigenvalue weighted by atomic mass is 16.3. The lowest BCUT2D eigenvalue weighted by Gasteiger charge is -2.11. The normalized spacial score (nSPS) is 10.9. The molecule has 0 aliphatic carbocycles. The van der Waals surface area contributed by atoms with E-state index < -0.39 is 0 Å². The maximum Gasteiger partial charge on any atom is 0.256 e. The van der Waals surface area contributed by atoms with Crippen LogP contribution in [0.2, 0.25) is 0 Å². The van der Waals surface area contributed by atoms with E-state index in [9.17, 15) is 4.79 Å². The van der Waals surface area contributed by atoms with Gasteiger partial charge in [-0.1, -0.05) is 0 Å². The first-order valence-electron chi connectivity index (χ1n) is 8.73. The van der Waals surface area contributed by atoms with E-state index in [0.717, 1.165) is 22.8 Å². The number of anilines is 1. The van der Waals surface area contributed by atoms with Crippen molar-refractivity contribution in [1.29, 1.82) is 0 Å². The molecule has 1 amide bonds. The van der Waals surface area contributed by atoms with E-state index in [1.165, 1.54) is 0 Å². The van der Waals surface area contributed by atoms with E-state index in [1.54, 1.807) is 23.2 Å². The first kappa shape index (κ1) is 16.9. The summed E-state index contributed by atoms with van der Waals surface area (Å²) in [7, 11) is 0. The molecular weight excluding hydrogens is 340 g/mol. The molecule has 0 bridgehead atoms. The van der Waals surface area contributed by atoms with Gasteiger partial charge >= 0.3 is 0 Å². The molecule has 4 rings (SSSR count). The van der Waals surface area contributed by atoms with E-state index in [-0.39, 0.29) is 5.91 Å². The molecule has 0 fully saturated rings. The number of amides is 1. The zero-order valence-electron chi connectivity index (χ0n) is 15.2. The van der Waals surface area contributed by atoms with Crippen molar-refractivity contribution in [2.45, 2.75) is 20.4 Å². The Bertz CT molecular complexity index is 1040. The molecule has 3 aromatic heterocycles. The molecular formula is C21H20N4O2. The number of hydrogen-bond acceptors (Lipinski definition) is 3. The fraction of sp³-hybridized carbons (Fsp3) is 0.143. The summed E-state index contributed by atoms with van der Waals surface area (Å²) in [5, 5.41) is 7.15. The molecule has 0 aliphatic rings. The number of benzene rings is 1. The van der Waals surface area contributed by atoms with Gasteiger partial charge < -0.3 is 14.3 Å². The van der Waals surface area contributed by atoms with Crippen LogP contribution in [-0.2, 0) is 6.54 Å². The highest BCUT2D eigenvalue weighted by Gasteiger charge is 2.11. The summed E-state index contributed by atoms with van der Waals surface area (Å²) in [6, 6.07) is 17.2. The van der Waals surface area contributed by atoms with Gasteiger partial charge in [-0.3, -0.25) is 4.79 Å². The summed E-state index contributed by atoms with van der Waals surface area (Å²) in [5.74, 6) is 1.22. The Hall–Kier alpha value is -3.54. The molecule has 1 aromatic carbocycles. The summed E-state index contributed by atoms with van der Waals surface area (Å²) in [5.41, 5.74) is 3.94. The second kappa shape index (κ2) is 6.99. The van der Waals surface area contributed by atoms with Crippen molar-refractivity contribution in [3.05, 3.63) is 89.8 Å². The highest BCUT2D eigenvalue weighted by molar-refractivity contribution is 6.03. The topological polar surface area (TPSA) is 65.0 Å². The van der Waals surface area contributed by atoms with Crippen LogP contribution in [0, 0.1) is 13.8 Å². The third kappa shape index (κ3) is 3.42. The van der Waals surface area contributed by atoms with Crippen LogP contribution < -0.4 is 5.32 Å². The summed E-state index contributed by atoms with van der Waals surface area (Å²) >= 11 is 0. The van der Waals surface area contributed by atoms with Gasteiger partial charge in [0.15, 0.2) is 0 Å². The van der Waals surface area contributed by atoms with Crippen molar-refractivity contribution in [2.24, 2.45) is 0 Å². The number of furan rings is 1. The fourth-order valence-electron chi connectivity index (χ4n) is 3.14. The maximum absolute atomic E-state index is 12.6. The van der Waals surface area contributed by atoms with Crippen molar-refractivity contribution in [3.63, 3.8) is 0 Å². The Balaban J connectivity index is 1.50. The first-order valence-corrected chi connectivity index (χ1v) is 8.73. The molecule has 3 heterocycles. The standard InChI is InChI=1S/C21H20N4O2/c1-15-5-6-16(2)25(15)18-9-7-17(8-10-18)21(26)23-20-11-12-22-24(20)14-19-4-3-13-27-19/h3-13H,14H2,1-2H3,(H,23,26). The molecule has 0 aliphatic heterocycles. The van der Waals surface area contributed by atoms with Crippen LogP contribution in [0.15, 0.2) is 71.5 Å². The van der Waals surface area contributed by atoms with Crippen molar-refractivity contribution in [1.82, 2.24) is 14.3 Å². The Kier molecular flexibility index (Phi) is 4.38. The lowest BCUT2D eigenvalue weighted by atomic mass is 10.2. The monoisotopic (exact) mass is 360 g/mol. The molecule has 136 valence electrons. The predicted octanol–water partition coefficient (Wildman–Crippen LogP) is 4.18. The number of rotatable bonds is 5. The zero-order valence-corrected chi connectivity index (χ0v) is 15.2. The number of carbonyl (C=O) groups is 1. The summed E-state index contributed by atoms with van der Waals surface area (Å²) in [6.07, 6.45) is 3.27. The van der Waals surface area contributed by atoms with Gasteiger partial charge in [-0.05, 0) is 62.4 Å². The third-order valence-electron chi connectivity index (χ3n) is 4.50. The Morgan fingerprint density at radius 2 is 1.78 bits per heavy atom. The van der Waals surface area contributed by atoms with Gasteiger partial charge in [0.1, 0.15) is 18.1 Å². The molecule has 0 spiro atoms. The van der Waals surface area contributed by atoms with Crippen LogP contribution in [-0.4, -0.2) is 20.3 Å². The molecule has 6 heteroatoms. The van der Waals surface area contributed by atoms with E-state index in [1.807, 2.05) is 36.4 Å². The third-order valence-corrected chi connectivity index (χ3v) is 4.50. The number of nitrogens with zero attached hydrogens (tertiary/aromatic N) is 3. The smallest absolute Gasteiger partial charge is 0.256 e. The lowest BCUT2D eigenvalue weighted by Crippen LogP contribution is -2.16. The lowest BCUT2D eigenvalue weighted by molar-refractivity contribution is 0.102. The molecule has 1 N–H and O–H groups in total. The SMILES string of the molecule is Cc1ccc(C)n1-c1ccc(C(=O)Nc2ccnn2Cc2ccco2)cc1. The Morgan fingerprint density at radius 3 is 2.44 bits per heavy atom. The molecule has 0 saturated carbocycles. The van der Waals surface area contributed by atoms with Crippen molar-refractivity contribution >= 4 is 11.7 Å². The average molecular weight is 360 g/mol. The van der Waals surface area contributed by atoms with E-state index in [2.05, 4.69) is 41.0 Å². The number of aryl methyl sites for hydroxylation is 2. The summed E-state index contributed by atoms with van der Waals surface area (Å²) < 4.78 is 9.19. The number of aromatic nitrogens is 3. The predicted molar refractivity (Wildman–Crippen MR) is 103 cm³/mol. The van der Waals surface area contributed by atoms with Crippen LogP contribution in [0.25, 0.3) is 5.69 Å². The van der Waals surface area contributed by atoms with E-state index >= 15 is 0 Å².